The number of benzene rings is 1. The van der Waals surface area contributed by atoms with Gasteiger partial charge in [-0.15, -0.1) is 0 Å². The van der Waals surface area contributed by atoms with Crippen molar-refractivity contribution in [2.45, 2.75) is 38.3 Å². The highest BCUT2D eigenvalue weighted by Gasteiger charge is 2.28. The van der Waals surface area contributed by atoms with Gasteiger partial charge in [0.2, 0.25) is 0 Å². The van der Waals surface area contributed by atoms with Gasteiger partial charge in [0, 0.05) is 38.8 Å². The van der Waals surface area contributed by atoms with Gasteiger partial charge in [0.1, 0.15) is 0 Å². The number of nitrogens with one attached hydrogen (secondary N) is 2. The van der Waals surface area contributed by atoms with Crippen molar-refractivity contribution in [1.82, 2.24) is 20.4 Å². The fourth-order valence-corrected chi connectivity index (χ4v) is 4.18. The molecule has 1 atom stereocenters. The number of likely N-dealkylation sites (tertiary alicyclic amines) is 1. The molecule has 0 saturated carbocycles. The van der Waals surface area contributed by atoms with E-state index in [9.17, 15) is 0 Å². The average molecular weight is 388 g/mol. The summed E-state index contributed by atoms with van der Waals surface area (Å²) in [6, 6.07) is 11.2. The molecule has 0 aliphatic carbocycles. The average Bonchev–Trinajstić information content (AvgIpc) is 3.26. The van der Waals surface area contributed by atoms with Gasteiger partial charge in [0.15, 0.2) is 5.96 Å². The molecule has 0 spiro atoms. The molecule has 156 valence electrons. The van der Waals surface area contributed by atoms with Crippen LogP contribution in [0.4, 0.5) is 0 Å². The Bertz CT molecular complexity index is 607. The van der Waals surface area contributed by atoms with Crippen molar-refractivity contribution in [2.75, 3.05) is 59.5 Å². The lowest BCUT2D eigenvalue weighted by atomic mass is 10.0. The number of guanidine groups is 1. The first-order valence-corrected chi connectivity index (χ1v) is 10.7. The Kier molecular flexibility index (Phi) is 7.71. The van der Waals surface area contributed by atoms with Crippen LogP contribution in [0.5, 0.6) is 0 Å². The summed E-state index contributed by atoms with van der Waals surface area (Å²) in [5.74, 6) is 0.876. The molecule has 2 aliphatic rings. The normalized spacial score (nSPS) is 20.9. The van der Waals surface area contributed by atoms with Crippen molar-refractivity contribution in [3.8, 4) is 0 Å². The van der Waals surface area contributed by atoms with E-state index in [0.29, 0.717) is 6.04 Å². The number of aliphatic imine (C=N–C) groups is 1. The molecule has 1 aromatic carbocycles. The van der Waals surface area contributed by atoms with Crippen LogP contribution in [0, 0.1) is 0 Å². The van der Waals surface area contributed by atoms with Gasteiger partial charge < -0.3 is 15.4 Å². The summed E-state index contributed by atoms with van der Waals surface area (Å²) in [6.45, 7) is 12.3. The molecule has 1 unspecified atom stereocenters. The quantitative estimate of drug-likeness (QED) is 0.554. The van der Waals surface area contributed by atoms with Gasteiger partial charge in [-0.25, -0.2) is 0 Å². The van der Waals surface area contributed by atoms with Crippen molar-refractivity contribution < 1.29 is 4.74 Å². The molecule has 2 aliphatic heterocycles. The molecule has 2 heterocycles. The van der Waals surface area contributed by atoms with E-state index in [1.165, 1.54) is 31.5 Å². The Morgan fingerprint density at radius 3 is 2.39 bits per heavy atom. The van der Waals surface area contributed by atoms with E-state index < -0.39 is 0 Å². The first-order valence-electron chi connectivity index (χ1n) is 10.7. The maximum absolute atomic E-state index is 5.49. The number of hydrogen-bond acceptors (Lipinski definition) is 4. The highest BCUT2D eigenvalue weighted by Crippen LogP contribution is 2.24. The van der Waals surface area contributed by atoms with E-state index in [1.807, 2.05) is 7.05 Å². The molecule has 0 amide bonds. The van der Waals surface area contributed by atoms with Crippen LogP contribution in [-0.4, -0.2) is 80.8 Å². The van der Waals surface area contributed by atoms with E-state index in [-0.39, 0.29) is 5.54 Å². The highest BCUT2D eigenvalue weighted by atomic mass is 16.5. The fraction of sp³-hybridized carbons (Fsp3) is 0.682. The fourth-order valence-electron chi connectivity index (χ4n) is 4.18. The van der Waals surface area contributed by atoms with Crippen molar-refractivity contribution in [2.24, 2.45) is 4.99 Å². The molecule has 0 aromatic heterocycles. The number of nitrogens with zero attached hydrogens (tertiary/aromatic N) is 3. The number of ether oxygens (including phenoxy) is 1. The van der Waals surface area contributed by atoms with Gasteiger partial charge in [-0.3, -0.25) is 14.8 Å². The van der Waals surface area contributed by atoms with E-state index >= 15 is 0 Å². The monoisotopic (exact) mass is 387 g/mol. The van der Waals surface area contributed by atoms with Gasteiger partial charge in [-0.1, -0.05) is 30.3 Å². The minimum atomic E-state index is 0.0647. The molecule has 6 nitrogen and oxygen atoms in total. The molecule has 2 saturated heterocycles. The third-order valence-corrected chi connectivity index (χ3v) is 6.01. The second kappa shape index (κ2) is 10.2. The largest absolute Gasteiger partial charge is 0.379 e. The van der Waals surface area contributed by atoms with Crippen molar-refractivity contribution in [1.29, 1.82) is 0 Å². The summed E-state index contributed by atoms with van der Waals surface area (Å²) in [5, 5.41) is 7.12. The minimum absolute atomic E-state index is 0.0647. The van der Waals surface area contributed by atoms with Gasteiger partial charge >= 0.3 is 0 Å². The Hall–Kier alpha value is -1.63. The summed E-state index contributed by atoms with van der Waals surface area (Å²) in [5.41, 5.74) is 1.44. The summed E-state index contributed by atoms with van der Waals surface area (Å²) in [6.07, 6.45) is 2.59. The van der Waals surface area contributed by atoms with E-state index in [0.717, 1.165) is 45.4 Å². The number of hydrogen-bond donors (Lipinski definition) is 2. The summed E-state index contributed by atoms with van der Waals surface area (Å²) in [7, 11) is 1.85. The van der Waals surface area contributed by atoms with Gasteiger partial charge in [-0.05, 0) is 45.3 Å². The molecular weight excluding hydrogens is 350 g/mol. The Balaban J connectivity index is 1.55. The summed E-state index contributed by atoms with van der Waals surface area (Å²) < 4.78 is 5.49. The third-order valence-electron chi connectivity index (χ3n) is 6.01. The SMILES string of the molecule is CN=C(NCC(c1ccccc1)N1CCCC1)NCC(C)(C)N1CCOCC1. The maximum Gasteiger partial charge on any atom is 0.191 e. The van der Waals surface area contributed by atoms with Gasteiger partial charge in [0.25, 0.3) is 0 Å². The lowest BCUT2D eigenvalue weighted by molar-refractivity contribution is -0.00834. The van der Waals surface area contributed by atoms with Gasteiger partial charge in [-0.2, -0.15) is 0 Å². The van der Waals surface area contributed by atoms with Crippen LogP contribution in [0.2, 0.25) is 0 Å². The first kappa shape index (κ1) is 21.1. The van der Waals surface area contributed by atoms with E-state index in [1.54, 1.807) is 0 Å². The molecule has 0 radical (unpaired) electrons. The molecule has 3 rings (SSSR count). The van der Waals surface area contributed by atoms with Crippen molar-refractivity contribution in [3.63, 3.8) is 0 Å². The van der Waals surface area contributed by atoms with Crippen LogP contribution < -0.4 is 10.6 Å². The van der Waals surface area contributed by atoms with Crippen molar-refractivity contribution in [3.05, 3.63) is 35.9 Å². The molecule has 6 heteroatoms. The highest BCUT2D eigenvalue weighted by molar-refractivity contribution is 5.79. The molecule has 0 bridgehead atoms. The Labute approximate surface area is 170 Å². The van der Waals surface area contributed by atoms with Crippen LogP contribution in [-0.2, 0) is 4.74 Å². The zero-order valence-electron chi connectivity index (χ0n) is 17.8. The van der Waals surface area contributed by atoms with Crippen LogP contribution in [0.15, 0.2) is 35.3 Å². The zero-order chi connectivity index (χ0) is 19.8. The van der Waals surface area contributed by atoms with Gasteiger partial charge in [0.05, 0.1) is 19.3 Å². The van der Waals surface area contributed by atoms with Crippen molar-refractivity contribution >= 4 is 5.96 Å². The number of morpholine rings is 1. The second-order valence-corrected chi connectivity index (χ2v) is 8.39. The minimum Gasteiger partial charge on any atom is -0.379 e. The lowest BCUT2D eigenvalue weighted by Gasteiger charge is -2.41. The third kappa shape index (κ3) is 5.69. The standard InChI is InChI=1S/C22H37N5O/c1-22(2,27-13-15-28-16-14-27)18-25-21(23-3)24-17-20(26-11-7-8-12-26)19-9-5-4-6-10-19/h4-6,9-10,20H,7-8,11-18H2,1-3H3,(H2,23,24,25). The van der Waals surface area contributed by atoms with Crippen LogP contribution >= 0.6 is 0 Å². The Morgan fingerprint density at radius 2 is 1.75 bits per heavy atom. The topological polar surface area (TPSA) is 52.1 Å². The maximum atomic E-state index is 5.49. The molecule has 2 N–H and O–H groups in total. The van der Waals surface area contributed by atoms with Crippen LogP contribution in [0.25, 0.3) is 0 Å². The lowest BCUT2D eigenvalue weighted by Crippen LogP contribution is -2.56. The number of rotatable bonds is 7. The van der Waals surface area contributed by atoms with Crippen LogP contribution in [0.3, 0.4) is 0 Å². The predicted octanol–water partition coefficient (Wildman–Crippen LogP) is 2.10. The predicted molar refractivity (Wildman–Crippen MR) is 116 cm³/mol. The molecule has 28 heavy (non-hydrogen) atoms. The molecule has 1 aromatic rings. The van der Waals surface area contributed by atoms with E-state index in [2.05, 4.69) is 69.6 Å². The Morgan fingerprint density at radius 1 is 1.07 bits per heavy atom. The van der Waals surface area contributed by atoms with E-state index in [4.69, 9.17) is 4.74 Å². The summed E-state index contributed by atoms with van der Waals surface area (Å²) >= 11 is 0. The smallest absolute Gasteiger partial charge is 0.191 e. The molecule has 2 fully saturated rings. The van der Waals surface area contributed by atoms with Crippen LogP contribution in [0.1, 0.15) is 38.3 Å². The first-order chi connectivity index (χ1) is 13.6. The molecular formula is C22H37N5O. The zero-order valence-corrected chi connectivity index (χ0v) is 17.8. The summed E-state index contributed by atoms with van der Waals surface area (Å²) in [4.78, 5) is 9.55. The second-order valence-electron chi connectivity index (χ2n) is 8.39.